The number of thiol groups is 1. The van der Waals surface area contributed by atoms with Crippen LogP contribution in [0.2, 0.25) is 0 Å². The van der Waals surface area contributed by atoms with E-state index in [1.54, 1.807) is 0 Å². The van der Waals surface area contributed by atoms with Gasteiger partial charge in [0.15, 0.2) is 6.54 Å². The molecule has 6 N–H and O–H groups in total. The summed E-state index contributed by atoms with van der Waals surface area (Å²) in [7, 11) is 13.3. The van der Waals surface area contributed by atoms with Crippen molar-refractivity contribution in [1.82, 2.24) is 10.6 Å². The highest BCUT2D eigenvalue weighted by molar-refractivity contribution is 7.80. The van der Waals surface area contributed by atoms with Crippen molar-refractivity contribution in [1.29, 1.82) is 0 Å². The predicted octanol–water partition coefficient (Wildman–Crippen LogP) is 9.49. The van der Waals surface area contributed by atoms with E-state index >= 15 is 4.79 Å². The molecule has 5 atom stereocenters. The number of aliphatic carboxylic acids is 1. The van der Waals surface area contributed by atoms with E-state index in [2.05, 4.69) is 65.2 Å². The maximum absolute atomic E-state index is 15.0. The van der Waals surface area contributed by atoms with E-state index in [9.17, 15) is 24.3 Å². The van der Waals surface area contributed by atoms with E-state index in [4.69, 9.17) is 24.6 Å². The van der Waals surface area contributed by atoms with Crippen molar-refractivity contribution >= 4 is 52.2 Å². The number of esters is 2. The summed E-state index contributed by atoms with van der Waals surface area (Å²) in [5.41, 5.74) is -8.14. The molecule has 0 fully saturated rings. The number of unbranched alkanes of at least 4 members (excludes halogenated alkanes) is 1. The molecule has 0 rings (SSSR count). The van der Waals surface area contributed by atoms with Crippen molar-refractivity contribution < 1.29 is 62.6 Å². The molecule has 0 aromatic rings. The fourth-order valence-corrected chi connectivity index (χ4v) is 10.4. The second-order valence-corrected chi connectivity index (χ2v) is 26.7. The Labute approximate surface area is 462 Å². The molecular weight excluding hydrogens is 980 g/mol. The van der Waals surface area contributed by atoms with Crippen LogP contribution in [-0.2, 0) is 33.4 Å². The molecule has 0 spiro atoms. The van der Waals surface area contributed by atoms with Crippen molar-refractivity contribution in [3.8, 4) is 0 Å². The van der Waals surface area contributed by atoms with Gasteiger partial charge in [0.2, 0.25) is 5.91 Å². The Bertz CT molecular complexity index is 1610. The van der Waals surface area contributed by atoms with Crippen LogP contribution in [0.15, 0.2) is 0 Å². The third-order valence-electron chi connectivity index (χ3n) is 17.6. The number of carboxylic acid groups (broad SMARTS) is 1. The molecule has 0 bridgehead atoms. The minimum atomic E-state index is -1.32. The molecule has 74 heavy (non-hydrogen) atoms. The van der Waals surface area contributed by atoms with Gasteiger partial charge in [0.25, 0.3) is 0 Å². The largest absolute Gasteiger partial charge is 0.477 e. The Morgan fingerprint density at radius 3 is 1.45 bits per heavy atom. The topological polar surface area (TPSA) is 209 Å². The number of hydrogen-bond acceptors (Lipinski definition) is 12. The second kappa shape index (κ2) is 34.9. The Morgan fingerprint density at radius 1 is 0.635 bits per heavy atom. The number of carbonyl (C=O) groups excluding carboxylic acids is 4. The Morgan fingerprint density at radius 2 is 1.08 bits per heavy atom. The summed E-state index contributed by atoms with van der Waals surface area (Å²) < 4.78 is 13.2. The number of nitrogens with one attached hydrogen (secondary N) is 2. The molecular formula is C57H121N4O11PS+2. The number of aldehydes is 1. The first-order valence-electron chi connectivity index (χ1n) is 27.1. The Hall–Kier alpha value is -1.91. The normalized spacial score (nSPS) is 15.4. The number of aliphatic hydroxyl groups excluding tert-OH is 2. The number of amides is 1. The van der Waals surface area contributed by atoms with Gasteiger partial charge in [0.05, 0.1) is 72.4 Å². The summed E-state index contributed by atoms with van der Waals surface area (Å²) in [6.07, 6.45) is 7.27. The lowest BCUT2D eigenvalue weighted by atomic mass is 9.33. The SMILES string of the molecule is CC.CCCC(S)CCCCC(=O)NCCOC(=O)C(C)(C(C)(C)C(C)(C)C(C)(C=O)C(C)(C)C)C(C)(C)C(C)(C)C(C)(C(=O)OCCO)C(C)(C)C.CNCCC[N+](C)(C)CC(=O)O.C[N+](C)(C)CCO.OP. The number of carboxylic acids is 1. The number of hydrogen-bond donors (Lipinski definition) is 7. The highest BCUT2D eigenvalue weighted by atomic mass is 32.1. The van der Waals surface area contributed by atoms with E-state index in [0.29, 0.717) is 16.2 Å². The number of carbonyl (C=O) groups is 5. The molecule has 0 radical (unpaired) electrons. The van der Waals surface area contributed by atoms with Gasteiger partial charge >= 0.3 is 17.9 Å². The van der Waals surface area contributed by atoms with Crippen molar-refractivity contribution in [3.63, 3.8) is 0 Å². The zero-order valence-corrected chi connectivity index (χ0v) is 54.6. The highest BCUT2D eigenvalue weighted by Gasteiger charge is 2.73. The second-order valence-electron chi connectivity index (χ2n) is 26.0. The molecule has 5 unspecified atom stereocenters. The molecule has 0 heterocycles. The van der Waals surface area contributed by atoms with E-state index in [0.717, 1.165) is 68.9 Å². The lowest BCUT2D eigenvalue weighted by Crippen LogP contribution is -2.69. The van der Waals surface area contributed by atoms with Gasteiger partial charge in [-0.1, -0.05) is 137 Å². The van der Waals surface area contributed by atoms with E-state index in [1.807, 2.05) is 139 Å². The molecule has 1 amide bonds. The van der Waals surface area contributed by atoms with E-state index < -0.39 is 66.6 Å². The molecule has 0 saturated heterocycles. The van der Waals surface area contributed by atoms with Crippen molar-refractivity contribution in [2.75, 3.05) is 101 Å². The maximum atomic E-state index is 15.0. The summed E-state index contributed by atoms with van der Waals surface area (Å²) in [5.74, 6) is -1.74. The third-order valence-corrected chi connectivity index (χ3v) is 18.1. The average molecular weight is 1100 g/mol. The van der Waals surface area contributed by atoms with Gasteiger partial charge in [-0.05, 0) is 82.1 Å². The minimum Gasteiger partial charge on any atom is -0.477 e. The minimum absolute atomic E-state index is 0.0261. The van der Waals surface area contributed by atoms with E-state index in [1.165, 1.54) is 9.47 Å². The van der Waals surface area contributed by atoms with Crippen LogP contribution in [-0.4, -0.2) is 166 Å². The molecule has 0 aliphatic heterocycles. The zero-order chi connectivity index (χ0) is 60.2. The van der Waals surface area contributed by atoms with Crippen LogP contribution in [0, 0.1) is 48.7 Å². The summed E-state index contributed by atoms with van der Waals surface area (Å²) in [4.78, 5) is 72.3. The molecule has 0 saturated carbocycles. The standard InChI is InChI=1S/C42H79NO7S.C8H18N2O2.C5H14NO.C2H6.H3OP/c1-19-22-30(51)23-20-21-24-31(46)43-25-27-49-33(48)42(18,37(10,11)36(8,9)40(16,29-45)34(2,3)4)39(14,15)38(12,13)41(17,35(5,6)7)32(47)50-28-26-44;1-9-5-4-6-10(2,3)7-8(11)12;1-6(2,3)4-5-7;2*1-2/h29-30,44,51H,19-28H2,1-18H3,(H,43,46);9H,4-7H2,1-3H3;7H,4-5H2,1-3H3;1-2H3;1H,2H2/q;;+1;;/p+1. The molecule has 444 valence electrons. The fraction of sp³-hybridized carbons (Fsp3) is 0.912. The predicted molar refractivity (Wildman–Crippen MR) is 314 cm³/mol. The smallest absolute Gasteiger partial charge is 0.359 e. The van der Waals surface area contributed by atoms with Gasteiger partial charge in [-0.3, -0.25) is 14.4 Å². The summed E-state index contributed by atoms with van der Waals surface area (Å²) in [6.45, 7) is 43.1. The van der Waals surface area contributed by atoms with Crippen LogP contribution in [0.1, 0.15) is 183 Å². The summed E-state index contributed by atoms with van der Waals surface area (Å²) >= 11 is 4.61. The number of quaternary nitrogens is 2. The molecule has 0 aromatic carbocycles. The van der Waals surface area contributed by atoms with Gasteiger partial charge in [-0.25, -0.2) is 4.79 Å². The molecule has 0 aliphatic rings. The molecule has 17 heteroatoms. The van der Waals surface area contributed by atoms with Crippen molar-refractivity contribution in [2.45, 2.75) is 189 Å². The summed E-state index contributed by atoms with van der Waals surface area (Å²) in [5, 5.41) is 32.8. The number of nitrogens with zero attached hydrogens (tertiary/aromatic N) is 2. The lowest BCUT2D eigenvalue weighted by molar-refractivity contribution is -0.883. The van der Waals surface area contributed by atoms with Crippen LogP contribution in [0.3, 0.4) is 0 Å². The number of likely N-dealkylation sites (N-methyl/N-ethyl adjacent to an activating group) is 2. The van der Waals surface area contributed by atoms with Gasteiger partial charge in [-0.2, -0.15) is 12.6 Å². The van der Waals surface area contributed by atoms with Gasteiger partial charge < -0.3 is 54.1 Å². The lowest BCUT2D eigenvalue weighted by Gasteiger charge is -2.69. The number of aliphatic hydroxyl groups is 2. The molecule has 0 aliphatic carbocycles. The number of ether oxygens (including phenoxy) is 2. The van der Waals surface area contributed by atoms with Crippen LogP contribution in [0.5, 0.6) is 0 Å². The fourth-order valence-electron chi connectivity index (χ4n) is 10.00. The van der Waals surface area contributed by atoms with Crippen LogP contribution in [0.25, 0.3) is 0 Å². The van der Waals surface area contributed by atoms with Gasteiger partial charge in [-0.15, -0.1) is 0 Å². The Kier molecular flexibility index (Phi) is 38.1. The average Bonchev–Trinajstić information content (AvgIpc) is 3.27. The van der Waals surface area contributed by atoms with Gasteiger partial charge in [0, 0.05) is 30.1 Å². The monoisotopic (exact) mass is 1100 g/mol. The Balaban J connectivity index is -0.000000568. The van der Waals surface area contributed by atoms with Crippen LogP contribution >= 0.6 is 22.1 Å². The van der Waals surface area contributed by atoms with Crippen molar-refractivity contribution in [2.24, 2.45) is 48.7 Å². The molecule has 15 nitrogen and oxygen atoms in total. The van der Waals surface area contributed by atoms with E-state index in [-0.39, 0.29) is 45.4 Å². The maximum Gasteiger partial charge on any atom is 0.359 e. The third kappa shape index (κ3) is 22.8. The number of rotatable bonds is 29. The first kappa shape index (κ1) is 80.9. The first-order chi connectivity index (χ1) is 33.3. The zero-order valence-electron chi connectivity index (χ0n) is 52.5. The highest BCUT2D eigenvalue weighted by Crippen LogP contribution is 2.73. The van der Waals surface area contributed by atoms with Crippen LogP contribution in [0.4, 0.5) is 0 Å². The van der Waals surface area contributed by atoms with Gasteiger partial charge in [0.1, 0.15) is 26.0 Å². The molecule has 0 aromatic heterocycles. The first-order valence-corrected chi connectivity index (χ1v) is 28.1. The van der Waals surface area contributed by atoms with Crippen molar-refractivity contribution in [3.05, 3.63) is 0 Å². The van der Waals surface area contributed by atoms with Crippen LogP contribution < -0.4 is 10.6 Å². The summed E-state index contributed by atoms with van der Waals surface area (Å²) in [6, 6.07) is 0. The quantitative estimate of drug-likeness (QED) is 0.00934.